The zero-order valence-corrected chi connectivity index (χ0v) is 13.9. The number of rotatable bonds is 4. The molecule has 0 bridgehead atoms. The van der Waals surface area contributed by atoms with Crippen LogP contribution in [0.5, 0.6) is 0 Å². The zero-order valence-electron chi connectivity index (χ0n) is 13.9. The van der Waals surface area contributed by atoms with E-state index >= 15 is 0 Å². The van der Waals surface area contributed by atoms with Crippen molar-refractivity contribution in [3.63, 3.8) is 0 Å². The highest BCUT2D eigenvalue weighted by Crippen LogP contribution is 2.36. The number of unbranched alkanes of at least 4 members (excludes halogenated alkanes) is 1. The molecule has 0 aromatic carbocycles. The monoisotopic (exact) mass is 289 g/mol. The van der Waals surface area contributed by atoms with Crippen LogP contribution in [0.1, 0.15) is 51.9 Å². The van der Waals surface area contributed by atoms with Gasteiger partial charge in [0.15, 0.2) is 0 Å². The fourth-order valence-electron chi connectivity index (χ4n) is 2.54. The van der Waals surface area contributed by atoms with E-state index in [0.29, 0.717) is 6.42 Å². The van der Waals surface area contributed by atoms with E-state index in [0.717, 1.165) is 29.8 Å². The molecule has 0 N–H and O–H groups in total. The molecule has 1 saturated heterocycles. The molecule has 21 heavy (non-hydrogen) atoms. The molecule has 2 heterocycles. The first-order valence-corrected chi connectivity index (χ1v) is 7.46. The molecule has 1 aromatic heterocycles. The van der Waals surface area contributed by atoms with Gasteiger partial charge < -0.3 is 9.31 Å². The van der Waals surface area contributed by atoms with Gasteiger partial charge in [-0.1, -0.05) is 0 Å². The lowest BCUT2D eigenvalue weighted by atomic mass is 9.77. The highest BCUT2D eigenvalue weighted by molar-refractivity contribution is 6.63. The second-order valence-corrected chi connectivity index (χ2v) is 6.66. The summed E-state index contributed by atoms with van der Waals surface area (Å²) in [5.41, 5.74) is 2.32. The van der Waals surface area contributed by atoms with Gasteiger partial charge in [-0.2, -0.15) is 10.4 Å². The fraction of sp³-hybridized carbons (Fsp3) is 0.733. The largest absolute Gasteiger partial charge is 0.498 e. The van der Waals surface area contributed by atoms with Crippen LogP contribution in [-0.2, 0) is 15.9 Å². The average molecular weight is 289 g/mol. The first kappa shape index (κ1) is 16.1. The SMILES string of the molecule is Cc1nn(CCCC#N)c(C)c1B1OC(C)(C)C(C)(C)O1. The van der Waals surface area contributed by atoms with E-state index in [9.17, 15) is 0 Å². The van der Waals surface area contributed by atoms with Gasteiger partial charge in [-0.05, 0) is 48.0 Å². The Morgan fingerprint density at radius 2 is 1.76 bits per heavy atom. The van der Waals surface area contributed by atoms with Crippen LogP contribution in [0.4, 0.5) is 0 Å². The topological polar surface area (TPSA) is 60.1 Å². The van der Waals surface area contributed by atoms with Crippen LogP contribution >= 0.6 is 0 Å². The van der Waals surface area contributed by atoms with Crippen molar-refractivity contribution in [1.29, 1.82) is 5.26 Å². The number of nitriles is 1. The van der Waals surface area contributed by atoms with Crippen LogP contribution in [-0.4, -0.2) is 28.1 Å². The Morgan fingerprint density at radius 3 is 2.29 bits per heavy atom. The third kappa shape index (κ3) is 2.85. The van der Waals surface area contributed by atoms with Crippen molar-refractivity contribution in [2.45, 2.75) is 72.1 Å². The molecule has 1 fully saturated rings. The van der Waals surface area contributed by atoms with E-state index in [-0.39, 0.29) is 18.3 Å². The van der Waals surface area contributed by atoms with E-state index in [1.54, 1.807) is 0 Å². The molecule has 0 radical (unpaired) electrons. The minimum Gasteiger partial charge on any atom is -0.399 e. The maximum Gasteiger partial charge on any atom is 0.498 e. The van der Waals surface area contributed by atoms with Crippen molar-refractivity contribution < 1.29 is 9.31 Å². The Morgan fingerprint density at radius 1 is 1.19 bits per heavy atom. The molecule has 5 nitrogen and oxygen atoms in total. The van der Waals surface area contributed by atoms with Crippen LogP contribution in [0.15, 0.2) is 0 Å². The van der Waals surface area contributed by atoms with Gasteiger partial charge in [-0.25, -0.2) is 0 Å². The lowest BCUT2D eigenvalue weighted by molar-refractivity contribution is 0.00578. The van der Waals surface area contributed by atoms with Crippen molar-refractivity contribution in [1.82, 2.24) is 9.78 Å². The Bertz CT molecular complexity index is 556. The molecule has 6 heteroatoms. The molecular weight excluding hydrogens is 265 g/mol. The highest BCUT2D eigenvalue weighted by Gasteiger charge is 2.53. The van der Waals surface area contributed by atoms with Gasteiger partial charge in [0.25, 0.3) is 0 Å². The molecule has 2 rings (SSSR count). The zero-order chi connectivity index (χ0) is 15.8. The van der Waals surface area contributed by atoms with Crippen LogP contribution < -0.4 is 5.46 Å². The quantitative estimate of drug-likeness (QED) is 0.629. The van der Waals surface area contributed by atoms with Crippen LogP contribution in [0.25, 0.3) is 0 Å². The van der Waals surface area contributed by atoms with Crippen molar-refractivity contribution in [2.24, 2.45) is 0 Å². The lowest BCUT2D eigenvalue weighted by Gasteiger charge is -2.32. The number of hydrogen-bond acceptors (Lipinski definition) is 4. The maximum absolute atomic E-state index is 8.64. The molecule has 0 amide bonds. The second kappa shape index (κ2) is 5.47. The van der Waals surface area contributed by atoms with E-state index in [2.05, 4.69) is 38.9 Å². The van der Waals surface area contributed by atoms with E-state index in [1.807, 2.05) is 18.5 Å². The van der Waals surface area contributed by atoms with Gasteiger partial charge >= 0.3 is 7.12 Å². The predicted octanol–water partition coefficient (Wildman–Crippen LogP) is 2.10. The summed E-state index contributed by atoms with van der Waals surface area (Å²) in [6.45, 7) is 13.0. The molecule has 0 unspecified atom stereocenters. The molecule has 0 spiro atoms. The fourth-order valence-corrected chi connectivity index (χ4v) is 2.54. The van der Waals surface area contributed by atoms with E-state index in [4.69, 9.17) is 14.6 Å². The molecule has 114 valence electrons. The third-order valence-corrected chi connectivity index (χ3v) is 4.58. The predicted molar refractivity (Wildman–Crippen MR) is 82.3 cm³/mol. The smallest absolute Gasteiger partial charge is 0.399 e. The standard InChI is InChI=1S/C15H24BN3O2/c1-11-13(12(2)19(18-11)10-8-7-9-17)16-20-14(3,4)15(5,6)21-16/h7-8,10H2,1-6H3. The van der Waals surface area contributed by atoms with Crippen molar-refractivity contribution in [3.05, 3.63) is 11.4 Å². The van der Waals surface area contributed by atoms with Gasteiger partial charge in [0.05, 0.1) is 23.0 Å². The van der Waals surface area contributed by atoms with Crippen LogP contribution in [0.3, 0.4) is 0 Å². The summed E-state index contributed by atoms with van der Waals surface area (Å²) in [7, 11) is -0.375. The summed E-state index contributed by atoms with van der Waals surface area (Å²) in [5.74, 6) is 0. The minimum absolute atomic E-state index is 0.348. The Labute approximate surface area is 127 Å². The molecule has 0 saturated carbocycles. The molecule has 1 aliphatic rings. The summed E-state index contributed by atoms with van der Waals surface area (Å²) in [6.07, 6.45) is 1.35. The molecule has 0 atom stereocenters. The summed E-state index contributed by atoms with van der Waals surface area (Å²) in [6, 6.07) is 2.16. The first-order chi connectivity index (χ1) is 9.69. The summed E-state index contributed by atoms with van der Waals surface area (Å²) in [4.78, 5) is 0. The van der Waals surface area contributed by atoms with E-state index in [1.165, 1.54) is 0 Å². The molecule has 0 aliphatic carbocycles. The van der Waals surface area contributed by atoms with Crippen molar-refractivity contribution in [2.75, 3.05) is 0 Å². The molecule has 1 aliphatic heterocycles. The maximum atomic E-state index is 8.64. The number of aromatic nitrogens is 2. The van der Waals surface area contributed by atoms with Crippen LogP contribution in [0, 0.1) is 25.2 Å². The summed E-state index contributed by atoms with van der Waals surface area (Å²) < 4.78 is 14.2. The first-order valence-electron chi connectivity index (χ1n) is 7.46. The van der Waals surface area contributed by atoms with Crippen molar-refractivity contribution >= 4 is 12.6 Å². The number of hydrogen-bond donors (Lipinski definition) is 0. The Hall–Kier alpha value is -1.32. The van der Waals surface area contributed by atoms with Crippen LogP contribution in [0.2, 0.25) is 0 Å². The number of aryl methyl sites for hydroxylation is 2. The van der Waals surface area contributed by atoms with Crippen molar-refractivity contribution in [3.8, 4) is 6.07 Å². The van der Waals surface area contributed by atoms with Gasteiger partial charge in [0, 0.05) is 24.1 Å². The second-order valence-electron chi connectivity index (χ2n) is 6.66. The highest BCUT2D eigenvalue weighted by atomic mass is 16.7. The summed E-state index contributed by atoms with van der Waals surface area (Å²) in [5, 5.41) is 13.2. The normalized spacial score (nSPS) is 19.8. The average Bonchev–Trinajstić information content (AvgIpc) is 2.74. The van der Waals surface area contributed by atoms with E-state index < -0.39 is 0 Å². The third-order valence-electron chi connectivity index (χ3n) is 4.58. The van der Waals surface area contributed by atoms with Gasteiger partial charge in [0.1, 0.15) is 0 Å². The van der Waals surface area contributed by atoms with Gasteiger partial charge in [-0.3, -0.25) is 4.68 Å². The number of nitrogens with zero attached hydrogens (tertiary/aromatic N) is 3. The lowest BCUT2D eigenvalue weighted by Crippen LogP contribution is -2.41. The van der Waals surface area contributed by atoms with Gasteiger partial charge in [-0.15, -0.1) is 0 Å². The van der Waals surface area contributed by atoms with Gasteiger partial charge in [0.2, 0.25) is 0 Å². The Kier molecular flexibility index (Phi) is 4.18. The summed E-state index contributed by atoms with van der Waals surface area (Å²) >= 11 is 0. The molecular formula is C15H24BN3O2. The Balaban J connectivity index is 2.24. The minimum atomic E-state index is -0.375. The molecule has 1 aromatic rings.